The van der Waals surface area contributed by atoms with Gasteiger partial charge in [-0.1, -0.05) is 19.7 Å². The lowest BCUT2D eigenvalue weighted by molar-refractivity contribution is -0.108. The van der Waals surface area contributed by atoms with E-state index >= 15 is 0 Å². The smallest absolute Gasteiger partial charge is 0.202 e. The van der Waals surface area contributed by atoms with Gasteiger partial charge in [0.15, 0.2) is 5.83 Å². The van der Waals surface area contributed by atoms with Gasteiger partial charge in [-0.2, -0.15) is 13.2 Å². The van der Waals surface area contributed by atoms with Gasteiger partial charge < -0.3 is 0 Å². The molecule has 0 aliphatic heterocycles. The first-order chi connectivity index (χ1) is 4.36. The van der Waals surface area contributed by atoms with E-state index in [1.807, 2.05) is 6.58 Å². The van der Waals surface area contributed by atoms with Crippen molar-refractivity contribution in [2.75, 3.05) is 0 Å². The van der Waals surface area contributed by atoms with Crippen LogP contribution in [0.1, 0.15) is 0 Å². The molecule has 0 saturated heterocycles. The minimum absolute atomic E-state index is 2.03. The minimum atomic E-state index is -4.86. The van der Waals surface area contributed by atoms with Gasteiger partial charge in [-0.05, 0) is 0 Å². The molecule has 0 rings (SSSR count). The minimum Gasteiger partial charge on any atom is -0.202 e. The Morgan fingerprint density at radius 3 is 1.30 bits per heavy atom. The van der Waals surface area contributed by atoms with Crippen molar-refractivity contribution in [1.29, 1.82) is 0 Å². The molecule has 4 heteroatoms. The quantitative estimate of drug-likeness (QED) is 0.371. The molecule has 0 atom stereocenters. The molecule has 0 bridgehead atoms. The second kappa shape index (κ2) is 4.82. The lowest BCUT2D eigenvalue weighted by Crippen LogP contribution is -2.05. The van der Waals surface area contributed by atoms with Gasteiger partial charge in [0, 0.05) is 0 Å². The zero-order chi connectivity index (χ0) is 8.78. The van der Waals surface area contributed by atoms with Crippen molar-refractivity contribution in [3.63, 3.8) is 0 Å². The second-order valence-corrected chi connectivity index (χ2v) is 1.15. The fraction of sp³-hybridized carbons (Fsp3) is 0.167. The van der Waals surface area contributed by atoms with Gasteiger partial charge >= 0.3 is 6.18 Å². The fourth-order valence-electron chi connectivity index (χ4n) is 0. The SMILES string of the molecule is C=C(F)C(F)(F)F.C=C=C. The molecule has 0 aromatic carbocycles. The molecule has 0 saturated carbocycles. The molecule has 0 aliphatic rings. The van der Waals surface area contributed by atoms with Crippen molar-refractivity contribution in [3.8, 4) is 0 Å². The molecule has 0 unspecified atom stereocenters. The molecule has 0 N–H and O–H groups in total. The van der Waals surface area contributed by atoms with Crippen LogP contribution in [0.15, 0.2) is 31.3 Å². The molecule has 0 aromatic heterocycles. The summed E-state index contributed by atoms with van der Waals surface area (Å²) in [4.78, 5) is 0. The summed E-state index contributed by atoms with van der Waals surface area (Å²) >= 11 is 0. The Labute approximate surface area is 56.2 Å². The predicted molar refractivity (Wildman–Crippen MR) is 31.1 cm³/mol. The predicted octanol–water partition coefficient (Wildman–Crippen LogP) is 2.99. The highest BCUT2D eigenvalue weighted by molar-refractivity contribution is 4.88. The van der Waals surface area contributed by atoms with E-state index in [1.165, 1.54) is 0 Å². The van der Waals surface area contributed by atoms with E-state index in [2.05, 4.69) is 18.9 Å². The van der Waals surface area contributed by atoms with Crippen LogP contribution in [-0.2, 0) is 0 Å². The van der Waals surface area contributed by atoms with Gasteiger partial charge in [0.1, 0.15) is 0 Å². The van der Waals surface area contributed by atoms with E-state index in [4.69, 9.17) is 0 Å². The van der Waals surface area contributed by atoms with Crippen molar-refractivity contribution < 1.29 is 17.6 Å². The van der Waals surface area contributed by atoms with E-state index in [-0.39, 0.29) is 0 Å². The molecule has 0 amide bonds. The number of halogens is 4. The van der Waals surface area contributed by atoms with Gasteiger partial charge in [-0.15, -0.1) is 5.73 Å². The van der Waals surface area contributed by atoms with Crippen LogP contribution in [0.25, 0.3) is 0 Å². The van der Waals surface area contributed by atoms with E-state index in [0.717, 1.165) is 0 Å². The van der Waals surface area contributed by atoms with Crippen molar-refractivity contribution in [3.05, 3.63) is 31.3 Å². The van der Waals surface area contributed by atoms with Crippen molar-refractivity contribution in [2.45, 2.75) is 6.18 Å². The summed E-state index contributed by atoms with van der Waals surface area (Å²) < 4.78 is 43.0. The third-order valence-electron chi connectivity index (χ3n) is 0.308. The number of alkyl halides is 3. The molecule has 0 radical (unpaired) electrons. The summed E-state index contributed by atoms with van der Waals surface area (Å²) in [5.41, 5.74) is 2.25. The van der Waals surface area contributed by atoms with Crippen LogP contribution < -0.4 is 0 Å². The Hall–Kier alpha value is -1.02. The standard InChI is InChI=1S/C3H2F4.C3H4/c1-2(4)3(5,6)7;1-3-2/h1H2;1-2H2. The van der Waals surface area contributed by atoms with Crippen LogP contribution in [0.2, 0.25) is 0 Å². The van der Waals surface area contributed by atoms with Gasteiger partial charge in [0.25, 0.3) is 0 Å². The maximum atomic E-state index is 10.9. The molecule has 0 fully saturated rings. The normalized spacial score (nSPS) is 8.80. The van der Waals surface area contributed by atoms with E-state index in [1.54, 1.807) is 0 Å². The molecule has 10 heavy (non-hydrogen) atoms. The second-order valence-electron chi connectivity index (χ2n) is 1.15. The summed E-state index contributed by atoms with van der Waals surface area (Å²) in [5.74, 6) is -2.26. The zero-order valence-corrected chi connectivity index (χ0v) is 5.13. The Morgan fingerprint density at radius 1 is 1.20 bits per heavy atom. The van der Waals surface area contributed by atoms with Gasteiger partial charge in [-0.25, -0.2) is 4.39 Å². The van der Waals surface area contributed by atoms with Gasteiger partial charge in [-0.3, -0.25) is 0 Å². The molecule has 0 nitrogen and oxygen atoms in total. The lowest BCUT2D eigenvalue weighted by Gasteiger charge is -1.97. The summed E-state index contributed by atoms with van der Waals surface area (Å²) in [7, 11) is 0. The van der Waals surface area contributed by atoms with Crippen LogP contribution in [0.5, 0.6) is 0 Å². The van der Waals surface area contributed by atoms with E-state index < -0.39 is 12.0 Å². The largest absolute Gasteiger partial charge is 0.442 e. The maximum Gasteiger partial charge on any atom is 0.442 e. The first-order valence-electron chi connectivity index (χ1n) is 2.07. The number of allylic oxidation sites excluding steroid dienone is 1. The molecule has 0 heterocycles. The topological polar surface area (TPSA) is 0 Å². The fourth-order valence-corrected chi connectivity index (χ4v) is 0. The van der Waals surface area contributed by atoms with Crippen LogP contribution in [0.4, 0.5) is 17.6 Å². The maximum absolute atomic E-state index is 10.9. The molecule has 0 spiro atoms. The average molecular weight is 154 g/mol. The summed E-state index contributed by atoms with van der Waals surface area (Å²) in [6.45, 7) is 8.28. The number of hydrogen-bond acceptors (Lipinski definition) is 0. The van der Waals surface area contributed by atoms with Gasteiger partial charge in [0.2, 0.25) is 0 Å². The first kappa shape index (κ1) is 11.7. The van der Waals surface area contributed by atoms with E-state index in [9.17, 15) is 17.6 Å². The van der Waals surface area contributed by atoms with Gasteiger partial charge in [0.05, 0.1) is 0 Å². The van der Waals surface area contributed by atoms with Crippen LogP contribution in [-0.4, -0.2) is 6.18 Å². The van der Waals surface area contributed by atoms with Crippen LogP contribution >= 0.6 is 0 Å². The lowest BCUT2D eigenvalue weighted by atomic mass is 10.6. The highest BCUT2D eigenvalue weighted by Crippen LogP contribution is 2.23. The molecular weight excluding hydrogens is 148 g/mol. The number of hydrogen-bond donors (Lipinski definition) is 0. The third-order valence-corrected chi connectivity index (χ3v) is 0.308. The first-order valence-corrected chi connectivity index (χ1v) is 2.07. The van der Waals surface area contributed by atoms with Crippen LogP contribution in [0, 0.1) is 0 Å². The van der Waals surface area contributed by atoms with Crippen LogP contribution in [0.3, 0.4) is 0 Å². The monoisotopic (exact) mass is 154 g/mol. The highest BCUT2D eigenvalue weighted by Gasteiger charge is 2.32. The highest BCUT2D eigenvalue weighted by atomic mass is 19.4. The Balaban J connectivity index is 0. The summed E-state index contributed by atoms with van der Waals surface area (Å²) in [6.07, 6.45) is -4.86. The molecular formula is C6H6F4. The Kier molecular flexibility index (Phi) is 5.66. The Bertz CT molecular complexity index is 136. The zero-order valence-electron chi connectivity index (χ0n) is 5.13. The van der Waals surface area contributed by atoms with Crippen molar-refractivity contribution in [2.24, 2.45) is 0 Å². The summed E-state index contributed by atoms with van der Waals surface area (Å²) in [5, 5.41) is 0. The average Bonchev–Trinajstić information content (AvgIpc) is 1.64. The van der Waals surface area contributed by atoms with Crippen molar-refractivity contribution >= 4 is 0 Å². The molecule has 58 valence electrons. The molecule has 0 aliphatic carbocycles. The Morgan fingerprint density at radius 2 is 1.30 bits per heavy atom. The van der Waals surface area contributed by atoms with E-state index in [0.29, 0.717) is 0 Å². The third kappa shape index (κ3) is 10.1. The number of rotatable bonds is 0. The molecule has 0 aromatic rings. The van der Waals surface area contributed by atoms with Crippen molar-refractivity contribution in [1.82, 2.24) is 0 Å². The summed E-state index contributed by atoms with van der Waals surface area (Å²) in [6, 6.07) is 0.